The summed E-state index contributed by atoms with van der Waals surface area (Å²) >= 11 is 0. The summed E-state index contributed by atoms with van der Waals surface area (Å²) in [5.74, 6) is 0.0523. The molecule has 7 heteroatoms. The fourth-order valence-electron chi connectivity index (χ4n) is 5.93. The molecule has 2 aliphatic rings. The van der Waals surface area contributed by atoms with E-state index in [1.54, 1.807) is 6.07 Å². The average molecular weight is 604 g/mol. The van der Waals surface area contributed by atoms with Crippen molar-refractivity contribution in [1.29, 1.82) is 0 Å². The number of amides is 1. The van der Waals surface area contributed by atoms with Gasteiger partial charge in [0.2, 0.25) is 5.91 Å². The van der Waals surface area contributed by atoms with Gasteiger partial charge in [0.05, 0.1) is 34.2 Å². The van der Waals surface area contributed by atoms with Crippen molar-refractivity contribution >= 4 is 39.1 Å². The molecule has 0 saturated carbocycles. The first-order valence-electron chi connectivity index (χ1n) is 15.2. The predicted octanol–water partition coefficient (Wildman–Crippen LogP) is 8.02. The van der Waals surface area contributed by atoms with Crippen molar-refractivity contribution in [3.8, 4) is 22.8 Å². The standard InChI is InChI=1S/C39H33N5O2/c1-24-11-7-8-13-28(24)21-38(46)41-31-22-35-33(19-25(31)2)40-34-20-26(3)32(23-36(34)44(35)29-14-5-4-6-15-29)42-43-39-30-16-10-9-12-27(30)17-18-37(39)45/h4-20,22-23,43,45H,21H2,1-3H3,(H,41,46)/b42-32+. The van der Waals surface area contributed by atoms with Crippen LogP contribution in [0.5, 0.6) is 5.75 Å². The first-order chi connectivity index (χ1) is 22.4. The zero-order valence-electron chi connectivity index (χ0n) is 25.9. The molecule has 0 aromatic heterocycles. The van der Waals surface area contributed by atoms with E-state index in [1.807, 2.05) is 118 Å². The van der Waals surface area contributed by atoms with Crippen molar-refractivity contribution in [2.24, 2.45) is 5.10 Å². The molecule has 7 nitrogen and oxygen atoms in total. The van der Waals surface area contributed by atoms with Crippen LogP contribution in [0.1, 0.15) is 22.3 Å². The Kier molecular flexibility index (Phi) is 7.42. The van der Waals surface area contributed by atoms with Crippen molar-refractivity contribution in [2.45, 2.75) is 27.2 Å². The molecule has 46 heavy (non-hydrogen) atoms. The quantitative estimate of drug-likeness (QED) is 0.102. The number of aromatic nitrogens is 2. The minimum absolute atomic E-state index is 0.0729. The number of hydrogen-bond donors (Lipinski definition) is 3. The van der Waals surface area contributed by atoms with Crippen LogP contribution in [0.3, 0.4) is 0 Å². The molecule has 1 amide bonds. The van der Waals surface area contributed by atoms with Gasteiger partial charge in [0.1, 0.15) is 11.4 Å². The van der Waals surface area contributed by atoms with Gasteiger partial charge < -0.3 is 15.0 Å². The molecule has 5 aromatic carbocycles. The number of phenols is 1. The van der Waals surface area contributed by atoms with Crippen molar-refractivity contribution in [3.05, 3.63) is 143 Å². The molecule has 0 saturated heterocycles. The molecule has 0 unspecified atom stereocenters. The van der Waals surface area contributed by atoms with Crippen molar-refractivity contribution in [3.63, 3.8) is 0 Å². The molecule has 5 aromatic rings. The molecule has 1 aliphatic heterocycles. The van der Waals surface area contributed by atoms with E-state index in [-0.39, 0.29) is 11.7 Å². The number of aryl methyl sites for hydroxylation is 3. The first-order valence-corrected chi connectivity index (χ1v) is 15.2. The zero-order chi connectivity index (χ0) is 31.8. The Balaban J connectivity index is 1.37. The molecule has 3 N–H and O–H groups in total. The number of benzene rings is 6. The number of hydrogen-bond acceptors (Lipinski definition) is 5. The van der Waals surface area contributed by atoms with E-state index in [0.717, 1.165) is 66.8 Å². The number of nitrogens with zero attached hydrogens (tertiary/aromatic N) is 3. The number of para-hydroxylation sites is 1. The normalized spacial score (nSPS) is 11.8. The van der Waals surface area contributed by atoms with Crippen LogP contribution in [0.4, 0.5) is 11.4 Å². The van der Waals surface area contributed by atoms with E-state index in [2.05, 4.69) is 27.4 Å². The van der Waals surface area contributed by atoms with Crippen LogP contribution in [-0.2, 0) is 11.2 Å². The minimum atomic E-state index is -0.0729. The van der Waals surface area contributed by atoms with Crippen molar-refractivity contribution in [2.75, 3.05) is 10.7 Å². The summed E-state index contributed by atoms with van der Waals surface area (Å²) in [5.41, 5.74) is 12.7. The highest BCUT2D eigenvalue weighted by Crippen LogP contribution is 2.34. The SMILES string of the molecule is Cc1ccccc1CC(=O)Nc1cc2c(cc1C)nc1cc(C)/c(=N/Nc3c(O)ccc4ccccc34)cc-1n2-c1ccccc1. The maximum absolute atomic E-state index is 13.2. The molecule has 7 rings (SSSR count). The van der Waals surface area contributed by atoms with Crippen molar-refractivity contribution in [1.82, 2.24) is 9.55 Å². The Hall–Kier alpha value is -5.95. The van der Waals surface area contributed by atoms with Gasteiger partial charge in [-0.05, 0) is 90.9 Å². The van der Waals surface area contributed by atoms with E-state index in [0.29, 0.717) is 17.5 Å². The van der Waals surface area contributed by atoms with Crippen LogP contribution in [0.2, 0.25) is 0 Å². The summed E-state index contributed by atoms with van der Waals surface area (Å²) in [5, 5.41) is 21.2. The maximum atomic E-state index is 13.2. The number of rotatable bonds is 6. The van der Waals surface area contributed by atoms with Crippen LogP contribution in [-0.4, -0.2) is 20.6 Å². The lowest BCUT2D eigenvalue weighted by Crippen LogP contribution is -2.17. The summed E-state index contributed by atoms with van der Waals surface area (Å²) in [7, 11) is 0. The average Bonchev–Trinajstić information content (AvgIpc) is 3.05. The number of carbonyl (C=O) groups excluding carboxylic acids is 1. The number of carbonyl (C=O) groups is 1. The molecule has 226 valence electrons. The smallest absolute Gasteiger partial charge is 0.228 e. The van der Waals surface area contributed by atoms with E-state index in [4.69, 9.17) is 10.1 Å². The Bertz CT molecular complexity index is 2310. The second kappa shape index (κ2) is 11.9. The van der Waals surface area contributed by atoms with Gasteiger partial charge in [-0.25, -0.2) is 4.98 Å². The molecule has 0 spiro atoms. The van der Waals surface area contributed by atoms with E-state index < -0.39 is 0 Å². The molecule has 0 radical (unpaired) electrons. The Morgan fingerprint density at radius 2 is 1.57 bits per heavy atom. The topological polar surface area (TPSA) is 91.5 Å². The van der Waals surface area contributed by atoms with E-state index in [1.165, 1.54) is 0 Å². The molecule has 0 atom stereocenters. The van der Waals surface area contributed by atoms with Gasteiger partial charge in [0.15, 0.2) is 0 Å². The number of nitrogens with one attached hydrogen (secondary N) is 2. The van der Waals surface area contributed by atoms with E-state index in [9.17, 15) is 9.90 Å². The van der Waals surface area contributed by atoms with Crippen LogP contribution < -0.4 is 16.1 Å². The van der Waals surface area contributed by atoms with Crippen molar-refractivity contribution < 1.29 is 9.90 Å². The third kappa shape index (κ3) is 5.43. The van der Waals surface area contributed by atoms with Gasteiger partial charge in [0, 0.05) is 16.8 Å². The van der Waals surface area contributed by atoms with Gasteiger partial charge in [-0.2, -0.15) is 5.10 Å². The number of aromatic hydroxyl groups is 1. The predicted molar refractivity (Wildman–Crippen MR) is 185 cm³/mol. The second-order valence-corrected chi connectivity index (χ2v) is 11.6. The molecular formula is C39H33N5O2. The molecular weight excluding hydrogens is 570 g/mol. The molecule has 1 aliphatic carbocycles. The van der Waals surface area contributed by atoms with Gasteiger partial charge in [0.25, 0.3) is 0 Å². The third-order valence-electron chi connectivity index (χ3n) is 8.43. The highest BCUT2D eigenvalue weighted by atomic mass is 16.3. The number of anilines is 2. The van der Waals surface area contributed by atoms with Crippen LogP contribution in [0, 0.1) is 20.8 Å². The summed E-state index contributed by atoms with van der Waals surface area (Å²) in [6.45, 7) is 6.01. The summed E-state index contributed by atoms with van der Waals surface area (Å²) < 4.78 is 2.15. The monoisotopic (exact) mass is 603 g/mol. The largest absolute Gasteiger partial charge is 0.506 e. The molecule has 0 fully saturated rings. The number of phenolic OH excluding ortho intramolecular Hbond substituents is 1. The van der Waals surface area contributed by atoms with Gasteiger partial charge in [-0.15, -0.1) is 0 Å². The lowest BCUT2D eigenvalue weighted by Gasteiger charge is -2.21. The van der Waals surface area contributed by atoms with Gasteiger partial charge in [-0.3, -0.25) is 10.2 Å². The minimum Gasteiger partial charge on any atom is -0.506 e. The van der Waals surface area contributed by atoms with Gasteiger partial charge >= 0.3 is 0 Å². The van der Waals surface area contributed by atoms with Crippen LogP contribution >= 0.6 is 0 Å². The maximum Gasteiger partial charge on any atom is 0.228 e. The third-order valence-corrected chi connectivity index (χ3v) is 8.43. The van der Waals surface area contributed by atoms with Crippen LogP contribution in [0.15, 0.2) is 120 Å². The van der Waals surface area contributed by atoms with Crippen LogP contribution in [0.25, 0.3) is 38.9 Å². The fourth-order valence-corrected chi connectivity index (χ4v) is 5.93. The number of fused-ring (bicyclic) bond motifs is 3. The fraction of sp³-hybridized carbons (Fsp3) is 0.103. The van der Waals surface area contributed by atoms with Gasteiger partial charge in [-0.1, -0.05) is 72.8 Å². The first kappa shape index (κ1) is 28.8. The highest BCUT2D eigenvalue weighted by Gasteiger charge is 2.18. The second-order valence-electron chi connectivity index (χ2n) is 11.6. The Labute approximate surface area is 266 Å². The molecule has 1 heterocycles. The lowest BCUT2D eigenvalue weighted by atomic mass is 10.0. The summed E-state index contributed by atoms with van der Waals surface area (Å²) in [6.07, 6.45) is 0.294. The lowest BCUT2D eigenvalue weighted by molar-refractivity contribution is -0.115. The Morgan fingerprint density at radius 3 is 2.39 bits per heavy atom. The van der Waals surface area contributed by atoms with E-state index >= 15 is 0 Å². The summed E-state index contributed by atoms with van der Waals surface area (Å²) in [6, 6.07) is 37.5. The Morgan fingerprint density at radius 1 is 0.804 bits per heavy atom. The highest BCUT2D eigenvalue weighted by molar-refractivity contribution is 5.97. The zero-order valence-corrected chi connectivity index (χ0v) is 25.9. The molecule has 0 bridgehead atoms. The summed E-state index contributed by atoms with van der Waals surface area (Å²) in [4.78, 5) is 18.3.